The highest BCUT2D eigenvalue weighted by molar-refractivity contribution is 5.92. The van der Waals surface area contributed by atoms with E-state index < -0.39 is 5.82 Å². The van der Waals surface area contributed by atoms with Gasteiger partial charge in [0.15, 0.2) is 0 Å². The zero-order chi connectivity index (χ0) is 13.9. The lowest BCUT2D eigenvalue weighted by atomic mass is 10.2. The number of para-hydroxylation sites is 1. The van der Waals surface area contributed by atoms with Gasteiger partial charge in [0.05, 0.1) is 12.2 Å². The number of hydrogen-bond donors (Lipinski definition) is 2. The first kappa shape index (κ1) is 13.5. The van der Waals surface area contributed by atoms with Crippen LogP contribution in [-0.4, -0.2) is 42.5 Å². The molecular weight excluding hydrogens is 257 g/mol. The molecule has 1 aliphatic carbocycles. The van der Waals surface area contributed by atoms with Crippen molar-refractivity contribution in [3.05, 3.63) is 30.1 Å². The van der Waals surface area contributed by atoms with Gasteiger partial charge in [-0.2, -0.15) is 0 Å². The van der Waals surface area contributed by atoms with Gasteiger partial charge in [0.2, 0.25) is 5.91 Å². The summed E-state index contributed by atoms with van der Waals surface area (Å²) in [7, 11) is 0. The maximum atomic E-state index is 13.4. The summed E-state index contributed by atoms with van der Waals surface area (Å²) < 4.78 is 13.4. The number of benzene rings is 1. The largest absolute Gasteiger partial charge is 0.322 e. The monoisotopic (exact) mass is 277 g/mol. The van der Waals surface area contributed by atoms with E-state index in [-0.39, 0.29) is 18.1 Å². The Hall–Kier alpha value is -1.46. The standard InChI is InChI=1S/C15H20FN3O/c16-13-3-1-2-4-14(13)18-15(20)9-17-11-7-8-19(10-11)12-5-6-12/h1-4,11-12,17H,5-10H2,(H,18,20). The van der Waals surface area contributed by atoms with Crippen molar-refractivity contribution >= 4 is 11.6 Å². The molecule has 1 heterocycles. The number of halogens is 1. The first-order chi connectivity index (χ1) is 9.72. The number of carbonyl (C=O) groups excluding carboxylic acids is 1. The predicted molar refractivity (Wildman–Crippen MR) is 76.0 cm³/mol. The Balaban J connectivity index is 1.42. The van der Waals surface area contributed by atoms with Crippen molar-refractivity contribution in [1.29, 1.82) is 0 Å². The zero-order valence-electron chi connectivity index (χ0n) is 11.4. The van der Waals surface area contributed by atoms with Gasteiger partial charge >= 0.3 is 0 Å². The van der Waals surface area contributed by atoms with Gasteiger partial charge in [-0.05, 0) is 31.4 Å². The molecule has 2 N–H and O–H groups in total. The average molecular weight is 277 g/mol. The van der Waals surface area contributed by atoms with Gasteiger partial charge in [-0.15, -0.1) is 0 Å². The fourth-order valence-electron chi connectivity index (χ4n) is 2.72. The fourth-order valence-corrected chi connectivity index (χ4v) is 2.72. The van der Waals surface area contributed by atoms with Crippen LogP contribution in [0.5, 0.6) is 0 Å². The Bertz CT molecular complexity index is 490. The summed E-state index contributed by atoms with van der Waals surface area (Å²) in [5, 5.41) is 5.85. The van der Waals surface area contributed by atoms with Gasteiger partial charge in [-0.25, -0.2) is 4.39 Å². The van der Waals surface area contributed by atoms with Crippen molar-refractivity contribution in [3.63, 3.8) is 0 Å². The number of anilines is 1. The molecule has 1 aromatic carbocycles. The molecule has 5 heteroatoms. The molecule has 1 aliphatic heterocycles. The lowest BCUT2D eigenvalue weighted by molar-refractivity contribution is -0.115. The van der Waals surface area contributed by atoms with Crippen LogP contribution >= 0.6 is 0 Å². The topological polar surface area (TPSA) is 44.4 Å². The Labute approximate surface area is 118 Å². The SMILES string of the molecule is O=C(CNC1CCN(C2CC2)C1)Nc1ccccc1F. The summed E-state index contributed by atoms with van der Waals surface area (Å²) in [6.45, 7) is 2.38. The van der Waals surface area contributed by atoms with Gasteiger partial charge in [0.1, 0.15) is 5.82 Å². The van der Waals surface area contributed by atoms with Gasteiger partial charge in [-0.3, -0.25) is 9.69 Å². The minimum absolute atomic E-state index is 0.194. The van der Waals surface area contributed by atoms with Crippen LogP contribution in [0.2, 0.25) is 0 Å². The highest BCUT2D eigenvalue weighted by Crippen LogP contribution is 2.29. The molecule has 0 bridgehead atoms. The second-order valence-electron chi connectivity index (χ2n) is 5.62. The number of nitrogens with one attached hydrogen (secondary N) is 2. The summed E-state index contributed by atoms with van der Waals surface area (Å²) in [5.74, 6) is -0.596. The molecule has 20 heavy (non-hydrogen) atoms. The summed E-state index contributed by atoms with van der Waals surface area (Å²) in [6.07, 6.45) is 3.73. The Morgan fingerprint density at radius 1 is 1.30 bits per heavy atom. The number of rotatable bonds is 5. The number of nitrogens with zero attached hydrogens (tertiary/aromatic N) is 1. The Morgan fingerprint density at radius 3 is 2.85 bits per heavy atom. The van der Waals surface area contributed by atoms with Crippen molar-refractivity contribution in [1.82, 2.24) is 10.2 Å². The van der Waals surface area contributed by atoms with Crippen LogP contribution in [0, 0.1) is 5.82 Å². The smallest absolute Gasteiger partial charge is 0.238 e. The Morgan fingerprint density at radius 2 is 2.10 bits per heavy atom. The van der Waals surface area contributed by atoms with E-state index in [1.54, 1.807) is 18.2 Å². The maximum absolute atomic E-state index is 13.4. The highest BCUT2D eigenvalue weighted by Gasteiger charge is 2.34. The summed E-state index contributed by atoms with van der Waals surface area (Å²) in [5.41, 5.74) is 0.241. The van der Waals surface area contributed by atoms with Gasteiger partial charge in [-0.1, -0.05) is 12.1 Å². The van der Waals surface area contributed by atoms with Crippen LogP contribution in [0.15, 0.2) is 24.3 Å². The molecule has 1 aromatic rings. The molecule has 1 saturated carbocycles. The third-order valence-corrected chi connectivity index (χ3v) is 3.98. The second-order valence-corrected chi connectivity index (χ2v) is 5.62. The molecule has 4 nitrogen and oxygen atoms in total. The van der Waals surface area contributed by atoms with Crippen molar-refractivity contribution < 1.29 is 9.18 Å². The number of amides is 1. The molecule has 1 amide bonds. The quantitative estimate of drug-likeness (QED) is 0.859. The maximum Gasteiger partial charge on any atom is 0.238 e. The van der Waals surface area contributed by atoms with Crippen molar-refractivity contribution in [2.45, 2.75) is 31.3 Å². The van der Waals surface area contributed by atoms with Crippen molar-refractivity contribution in [2.24, 2.45) is 0 Å². The molecular formula is C15H20FN3O. The van der Waals surface area contributed by atoms with E-state index in [1.807, 2.05) is 0 Å². The van der Waals surface area contributed by atoms with Gasteiger partial charge < -0.3 is 10.6 Å². The molecule has 2 fully saturated rings. The van der Waals surface area contributed by atoms with E-state index in [9.17, 15) is 9.18 Å². The summed E-state index contributed by atoms with van der Waals surface area (Å²) in [6, 6.07) is 7.38. The minimum atomic E-state index is -0.401. The molecule has 3 rings (SSSR count). The normalized spacial score (nSPS) is 22.9. The first-order valence-electron chi connectivity index (χ1n) is 7.24. The fraction of sp³-hybridized carbons (Fsp3) is 0.533. The lowest BCUT2D eigenvalue weighted by Gasteiger charge is -2.15. The Kier molecular flexibility index (Phi) is 3.98. The second kappa shape index (κ2) is 5.89. The third-order valence-electron chi connectivity index (χ3n) is 3.98. The van der Waals surface area contributed by atoms with E-state index in [4.69, 9.17) is 0 Å². The van der Waals surface area contributed by atoms with Gasteiger partial charge in [0, 0.05) is 25.2 Å². The van der Waals surface area contributed by atoms with Crippen LogP contribution < -0.4 is 10.6 Å². The van der Waals surface area contributed by atoms with Crippen LogP contribution in [0.3, 0.4) is 0 Å². The lowest BCUT2D eigenvalue weighted by Crippen LogP contribution is -2.38. The van der Waals surface area contributed by atoms with Crippen LogP contribution in [0.25, 0.3) is 0 Å². The van der Waals surface area contributed by atoms with Crippen LogP contribution in [0.1, 0.15) is 19.3 Å². The predicted octanol–water partition coefficient (Wildman–Crippen LogP) is 1.59. The third kappa shape index (κ3) is 3.35. The average Bonchev–Trinajstić information content (AvgIpc) is 3.18. The van der Waals surface area contributed by atoms with Crippen LogP contribution in [-0.2, 0) is 4.79 Å². The molecule has 0 radical (unpaired) electrons. The molecule has 1 unspecified atom stereocenters. The molecule has 108 valence electrons. The number of carbonyl (C=O) groups is 1. The number of likely N-dealkylation sites (tertiary alicyclic amines) is 1. The van der Waals surface area contributed by atoms with E-state index in [2.05, 4.69) is 15.5 Å². The molecule has 2 aliphatic rings. The van der Waals surface area contributed by atoms with E-state index >= 15 is 0 Å². The van der Waals surface area contributed by atoms with E-state index in [1.165, 1.54) is 18.9 Å². The molecule has 0 aromatic heterocycles. The molecule has 0 spiro atoms. The van der Waals surface area contributed by atoms with Crippen molar-refractivity contribution in [3.8, 4) is 0 Å². The summed E-state index contributed by atoms with van der Waals surface area (Å²) >= 11 is 0. The van der Waals surface area contributed by atoms with E-state index in [0.717, 1.165) is 25.6 Å². The van der Waals surface area contributed by atoms with E-state index in [0.29, 0.717) is 6.04 Å². The van der Waals surface area contributed by atoms with Crippen molar-refractivity contribution in [2.75, 3.05) is 25.0 Å². The highest BCUT2D eigenvalue weighted by atomic mass is 19.1. The molecule has 1 atom stereocenters. The summed E-state index contributed by atoms with van der Waals surface area (Å²) in [4.78, 5) is 14.3. The first-order valence-corrected chi connectivity index (χ1v) is 7.24. The minimum Gasteiger partial charge on any atom is -0.322 e. The van der Waals surface area contributed by atoms with Gasteiger partial charge in [0.25, 0.3) is 0 Å². The number of hydrogen-bond acceptors (Lipinski definition) is 3. The molecule has 1 saturated heterocycles. The van der Waals surface area contributed by atoms with Crippen LogP contribution in [0.4, 0.5) is 10.1 Å². The zero-order valence-corrected chi connectivity index (χ0v) is 11.4.